The Labute approximate surface area is 113 Å². The number of hydrogen-bond donors (Lipinski definition) is 2. The van der Waals surface area contributed by atoms with Crippen molar-refractivity contribution in [3.63, 3.8) is 0 Å². The van der Waals surface area contributed by atoms with Crippen LogP contribution in [0, 0.1) is 11.3 Å². The SMILES string of the molecule is N#Cc1ccc(C(=O)NCCC2=CCNCC2)cc1. The maximum atomic E-state index is 11.9. The number of nitrogens with one attached hydrogen (secondary N) is 2. The second-order valence-electron chi connectivity index (χ2n) is 4.51. The van der Waals surface area contributed by atoms with Crippen molar-refractivity contribution in [2.24, 2.45) is 0 Å². The van der Waals surface area contributed by atoms with Gasteiger partial charge in [-0.1, -0.05) is 11.6 Å². The van der Waals surface area contributed by atoms with E-state index in [9.17, 15) is 4.79 Å². The lowest BCUT2D eigenvalue weighted by atomic mass is 10.1. The minimum absolute atomic E-state index is 0.0842. The molecule has 19 heavy (non-hydrogen) atoms. The number of benzene rings is 1. The number of hydrogen-bond acceptors (Lipinski definition) is 3. The smallest absolute Gasteiger partial charge is 0.251 e. The minimum Gasteiger partial charge on any atom is -0.352 e. The summed E-state index contributed by atoms with van der Waals surface area (Å²) in [5, 5.41) is 14.9. The van der Waals surface area contributed by atoms with Crippen molar-refractivity contribution >= 4 is 5.91 Å². The van der Waals surface area contributed by atoms with E-state index in [1.165, 1.54) is 5.57 Å². The summed E-state index contributed by atoms with van der Waals surface area (Å²) in [5.41, 5.74) is 2.56. The van der Waals surface area contributed by atoms with Gasteiger partial charge in [0, 0.05) is 18.7 Å². The molecule has 2 rings (SSSR count). The van der Waals surface area contributed by atoms with Gasteiger partial charge in [0.2, 0.25) is 0 Å². The molecule has 1 aromatic rings. The number of rotatable bonds is 4. The van der Waals surface area contributed by atoms with Crippen LogP contribution >= 0.6 is 0 Å². The van der Waals surface area contributed by atoms with Crippen LogP contribution in [0.5, 0.6) is 0 Å². The molecule has 1 amide bonds. The van der Waals surface area contributed by atoms with Crippen molar-refractivity contribution < 1.29 is 4.79 Å². The van der Waals surface area contributed by atoms with E-state index >= 15 is 0 Å². The van der Waals surface area contributed by atoms with Gasteiger partial charge in [-0.05, 0) is 43.7 Å². The van der Waals surface area contributed by atoms with Gasteiger partial charge < -0.3 is 10.6 Å². The number of nitrogens with zero attached hydrogens (tertiary/aromatic N) is 1. The number of nitriles is 1. The van der Waals surface area contributed by atoms with Gasteiger partial charge >= 0.3 is 0 Å². The van der Waals surface area contributed by atoms with Crippen LogP contribution in [0.15, 0.2) is 35.9 Å². The van der Waals surface area contributed by atoms with Crippen LogP contribution in [0.2, 0.25) is 0 Å². The van der Waals surface area contributed by atoms with Crippen LogP contribution in [0.1, 0.15) is 28.8 Å². The van der Waals surface area contributed by atoms with Crippen molar-refractivity contribution in [1.29, 1.82) is 5.26 Å². The summed E-state index contributed by atoms with van der Waals surface area (Å²) in [7, 11) is 0. The predicted molar refractivity (Wildman–Crippen MR) is 73.7 cm³/mol. The lowest BCUT2D eigenvalue weighted by Gasteiger charge is -2.14. The van der Waals surface area contributed by atoms with Gasteiger partial charge in [0.05, 0.1) is 11.6 Å². The standard InChI is InChI=1S/C15H17N3O/c16-11-13-1-3-14(4-2-13)15(19)18-10-7-12-5-8-17-9-6-12/h1-5,17H,6-10H2,(H,18,19). The van der Waals surface area contributed by atoms with E-state index in [1.54, 1.807) is 24.3 Å². The zero-order chi connectivity index (χ0) is 13.5. The van der Waals surface area contributed by atoms with Crippen molar-refractivity contribution in [1.82, 2.24) is 10.6 Å². The molecule has 1 heterocycles. The van der Waals surface area contributed by atoms with Crippen LogP contribution in [0.4, 0.5) is 0 Å². The summed E-state index contributed by atoms with van der Waals surface area (Å²) in [6.45, 7) is 2.61. The fraction of sp³-hybridized carbons (Fsp3) is 0.333. The quantitative estimate of drug-likeness (QED) is 0.803. The van der Waals surface area contributed by atoms with E-state index in [2.05, 4.69) is 16.7 Å². The first kappa shape index (κ1) is 13.3. The summed E-state index contributed by atoms with van der Waals surface area (Å²) < 4.78 is 0. The molecule has 0 saturated carbocycles. The zero-order valence-electron chi connectivity index (χ0n) is 10.8. The van der Waals surface area contributed by atoms with Crippen LogP contribution in [-0.4, -0.2) is 25.5 Å². The Morgan fingerprint density at radius 1 is 1.37 bits per heavy atom. The van der Waals surface area contributed by atoms with Gasteiger partial charge in [-0.25, -0.2) is 0 Å². The van der Waals surface area contributed by atoms with E-state index in [0.29, 0.717) is 17.7 Å². The van der Waals surface area contributed by atoms with Crippen molar-refractivity contribution in [2.45, 2.75) is 12.8 Å². The Bertz CT molecular complexity index is 511. The van der Waals surface area contributed by atoms with E-state index in [0.717, 1.165) is 25.9 Å². The Morgan fingerprint density at radius 3 is 2.79 bits per heavy atom. The third-order valence-electron chi connectivity index (χ3n) is 3.17. The van der Waals surface area contributed by atoms with Gasteiger partial charge in [-0.2, -0.15) is 5.26 Å². The molecule has 2 N–H and O–H groups in total. The van der Waals surface area contributed by atoms with Gasteiger partial charge in [0.25, 0.3) is 5.91 Å². The molecule has 0 aliphatic carbocycles. The lowest BCUT2D eigenvalue weighted by molar-refractivity contribution is 0.0954. The van der Waals surface area contributed by atoms with Gasteiger partial charge in [0.1, 0.15) is 0 Å². The van der Waals surface area contributed by atoms with E-state index in [-0.39, 0.29) is 5.91 Å². The molecular formula is C15H17N3O. The van der Waals surface area contributed by atoms with Crippen LogP contribution in [0.25, 0.3) is 0 Å². The van der Waals surface area contributed by atoms with Gasteiger partial charge in [-0.3, -0.25) is 4.79 Å². The topological polar surface area (TPSA) is 64.9 Å². The normalized spacial score (nSPS) is 14.4. The summed E-state index contributed by atoms with van der Waals surface area (Å²) >= 11 is 0. The number of carbonyl (C=O) groups excluding carboxylic acids is 1. The largest absolute Gasteiger partial charge is 0.352 e. The first-order valence-electron chi connectivity index (χ1n) is 6.46. The van der Waals surface area contributed by atoms with Crippen molar-refractivity contribution in [2.75, 3.05) is 19.6 Å². The van der Waals surface area contributed by atoms with Gasteiger partial charge in [-0.15, -0.1) is 0 Å². The molecule has 1 aliphatic heterocycles. The molecule has 0 radical (unpaired) electrons. The monoisotopic (exact) mass is 255 g/mol. The second kappa shape index (κ2) is 6.72. The van der Waals surface area contributed by atoms with Crippen LogP contribution < -0.4 is 10.6 Å². The molecule has 0 spiro atoms. The fourth-order valence-electron chi connectivity index (χ4n) is 2.03. The maximum Gasteiger partial charge on any atom is 0.251 e. The molecular weight excluding hydrogens is 238 g/mol. The molecule has 0 atom stereocenters. The molecule has 4 nitrogen and oxygen atoms in total. The molecule has 0 fully saturated rings. The summed E-state index contributed by atoms with van der Waals surface area (Å²) in [6, 6.07) is 8.70. The van der Waals surface area contributed by atoms with Crippen LogP contribution in [-0.2, 0) is 0 Å². The maximum absolute atomic E-state index is 11.9. The minimum atomic E-state index is -0.0842. The highest BCUT2D eigenvalue weighted by Crippen LogP contribution is 2.08. The van der Waals surface area contributed by atoms with E-state index in [4.69, 9.17) is 5.26 Å². The summed E-state index contributed by atoms with van der Waals surface area (Å²) in [5.74, 6) is -0.0842. The van der Waals surface area contributed by atoms with Crippen molar-refractivity contribution in [3.8, 4) is 6.07 Å². The third kappa shape index (κ3) is 3.94. The molecule has 0 unspecified atom stereocenters. The number of carbonyl (C=O) groups is 1. The Balaban J connectivity index is 1.80. The molecule has 98 valence electrons. The average molecular weight is 255 g/mol. The highest BCUT2D eigenvalue weighted by atomic mass is 16.1. The Kier molecular flexibility index (Phi) is 4.71. The van der Waals surface area contributed by atoms with Crippen molar-refractivity contribution in [3.05, 3.63) is 47.0 Å². The second-order valence-corrected chi connectivity index (χ2v) is 4.51. The first-order chi connectivity index (χ1) is 9.29. The van der Waals surface area contributed by atoms with E-state index in [1.807, 2.05) is 6.07 Å². The average Bonchev–Trinajstić information content (AvgIpc) is 2.48. The molecule has 0 aromatic heterocycles. The summed E-state index contributed by atoms with van der Waals surface area (Å²) in [4.78, 5) is 11.9. The third-order valence-corrected chi connectivity index (χ3v) is 3.17. The highest BCUT2D eigenvalue weighted by molar-refractivity contribution is 5.94. The predicted octanol–water partition coefficient (Wildman–Crippen LogP) is 1.60. The molecule has 0 saturated heterocycles. The summed E-state index contributed by atoms with van der Waals surface area (Å²) in [6.07, 6.45) is 4.16. The van der Waals surface area contributed by atoms with Gasteiger partial charge in [0.15, 0.2) is 0 Å². The zero-order valence-corrected chi connectivity index (χ0v) is 10.8. The van der Waals surface area contributed by atoms with Crippen LogP contribution in [0.3, 0.4) is 0 Å². The fourth-order valence-corrected chi connectivity index (χ4v) is 2.03. The first-order valence-corrected chi connectivity index (χ1v) is 6.46. The Hall–Kier alpha value is -2.12. The van der Waals surface area contributed by atoms with E-state index < -0.39 is 0 Å². The Morgan fingerprint density at radius 2 is 2.16 bits per heavy atom. The molecule has 4 heteroatoms. The highest BCUT2D eigenvalue weighted by Gasteiger charge is 2.06. The molecule has 1 aromatic carbocycles. The molecule has 0 bridgehead atoms. The molecule has 1 aliphatic rings. The number of amides is 1. The lowest BCUT2D eigenvalue weighted by Crippen LogP contribution is -2.26.